The van der Waals surface area contributed by atoms with Crippen molar-refractivity contribution in [1.29, 1.82) is 0 Å². The van der Waals surface area contributed by atoms with E-state index in [1.165, 1.54) is 18.2 Å². The van der Waals surface area contributed by atoms with Crippen LogP contribution in [-0.2, 0) is 0 Å². The van der Waals surface area contributed by atoms with Crippen molar-refractivity contribution in [1.82, 2.24) is 0 Å². The number of nitro groups is 1. The highest BCUT2D eigenvalue weighted by Gasteiger charge is 2.12. The van der Waals surface area contributed by atoms with Gasteiger partial charge in [-0.05, 0) is 12.6 Å². The van der Waals surface area contributed by atoms with Crippen molar-refractivity contribution in [3.63, 3.8) is 0 Å². The molecule has 0 aliphatic rings. The lowest BCUT2D eigenvalue weighted by Gasteiger charge is -2.10. The monoisotopic (exact) mass is 244 g/mol. The predicted octanol–water partition coefficient (Wildman–Crippen LogP) is 2.22. The first-order valence-corrected chi connectivity index (χ1v) is 5.19. The normalized spacial score (nSPS) is 12.2. The van der Waals surface area contributed by atoms with Crippen LogP contribution in [0.25, 0.3) is 0 Å². The molecule has 1 rings (SSSR count). The smallest absolute Gasteiger partial charge is 0.288 e. The Balaban J connectivity index is 2.70. The van der Waals surface area contributed by atoms with Crippen LogP contribution in [0, 0.1) is 16.0 Å². The number of rotatable bonds is 5. The molecule has 1 aromatic carbocycles. The summed E-state index contributed by atoms with van der Waals surface area (Å²) < 4.78 is 5.39. The molecule has 1 unspecified atom stereocenters. The van der Waals surface area contributed by atoms with Crippen molar-refractivity contribution in [3.05, 3.63) is 33.3 Å². The molecule has 0 saturated heterocycles. The van der Waals surface area contributed by atoms with Crippen molar-refractivity contribution in [2.45, 2.75) is 6.92 Å². The molecule has 0 amide bonds. The Morgan fingerprint density at radius 2 is 2.31 bits per heavy atom. The molecule has 5 nitrogen and oxygen atoms in total. The summed E-state index contributed by atoms with van der Waals surface area (Å²) in [5.74, 6) is 0.741. The van der Waals surface area contributed by atoms with Gasteiger partial charge in [0.1, 0.15) is 10.8 Å². The largest absolute Gasteiger partial charge is 0.493 e. The van der Waals surface area contributed by atoms with Crippen LogP contribution < -0.4 is 10.5 Å². The summed E-state index contributed by atoms with van der Waals surface area (Å²) in [6.07, 6.45) is 0. The van der Waals surface area contributed by atoms with E-state index in [0.717, 1.165) is 0 Å². The fraction of sp³-hybridized carbons (Fsp3) is 0.400. The number of nitro benzene ring substituents is 1. The minimum atomic E-state index is -0.533. The molecule has 0 fully saturated rings. The van der Waals surface area contributed by atoms with Crippen molar-refractivity contribution in [2.75, 3.05) is 13.2 Å². The van der Waals surface area contributed by atoms with Gasteiger partial charge in [0, 0.05) is 18.1 Å². The summed E-state index contributed by atoms with van der Waals surface area (Å²) in [6.45, 7) is 2.94. The van der Waals surface area contributed by atoms with E-state index in [-0.39, 0.29) is 16.6 Å². The molecule has 0 saturated carbocycles. The summed E-state index contributed by atoms with van der Waals surface area (Å²) in [5, 5.41) is 10.6. The molecule has 0 radical (unpaired) electrons. The van der Waals surface area contributed by atoms with Crippen molar-refractivity contribution in [3.8, 4) is 5.75 Å². The SMILES string of the molecule is CC(CN)COc1ccc([N+](=O)[O-])c(Cl)c1. The van der Waals surface area contributed by atoms with Gasteiger partial charge in [-0.15, -0.1) is 0 Å². The molecule has 0 aliphatic carbocycles. The zero-order chi connectivity index (χ0) is 12.1. The highest BCUT2D eigenvalue weighted by molar-refractivity contribution is 6.32. The molecular formula is C10H13ClN2O3. The number of hydrogen-bond acceptors (Lipinski definition) is 4. The van der Waals surface area contributed by atoms with Crippen LogP contribution in [0.15, 0.2) is 18.2 Å². The molecule has 88 valence electrons. The van der Waals surface area contributed by atoms with E-state index in [1.807, 2.05) is 6.92 Å². The Bertz CT molecular complexity index is 384. The fourth-order valence-electron chi connectivity index (χ4n) is 1.03. The number of nitrogens with zero attached hydrogens (tertiary/aromatic N) is 1. The first-order chi connectivity index (χ1) is 7.54. The first kappa shape index (κ1) is 12.7. The van der Waals surface area contributed by atoms with Gasteiger partial charge in [-0.1, -0.05) is 18.5 Å². The Morgan fingerprint density at radius 1 is 1.62 bits per heavy atom. The van der Waals surface area contributed by atoms with Gasteiger partial charge in [-0.25, -0.2) is 0 Å². The second kappa shape index (κ2) is 5.67. The summed E-state index contributed by atoms with van der Waals surface area (Å²) in [7, 11) is 0. The zero-order valence-corrected chi connectivity index (χ0v) is 9.61. The van der Waals surface area contributed by atoms with E-state index < -0.39 is 4.92 Å². The van der Waals surface area contributed by atoms with E-state index in [9.17, 15) is 10.1 Å². The Kier molecular flexibility index (Phi) is 4.52. The van der Waals surface area contributed by atoms with Crippen LogP contribution in [0.5, 0.6) is 5.75 Å². The van der Waals surface area contributed by atoms with Crippen LogP contribution in [0.1, 0.15) is 6.92 Å². The summed E-state index contributed by atoms with van der Waals surface area (Å²) in [4.78, 5) is 9.98. The fourth-order valence-corrected chi connectivity index (χ4v) is 1.27. The van der Waals surface area contributed by atoms with Gasteiger partial charge in [0.25, 0.3) is 5.69 Å². The lowest BCUT2D eigenvalue weighted by molar-refractivity contribution is -0.384. The van der Waals surface area contributed by atoms with E-state index in [4.69, 9.17) is 22.1 Å². The molecule has 0 heterocycles. The molecule has 0 bridgehead atoms. The third kappa shape index (κ3) is 3.36. The van der Waals surface area contributed by atoms with Gasteiger partial charge in [0.2, 0.25) is 0 Å². The van der Waals surface area contributed by atoms with Crippen LogP contribution in [0.2, 0.25) is 5.02 Å². The summed E-state index contributed by atoms with van der Waals surface area (Å²) in [5.41, 5.74) is 5.31. The molecule has 2 N–H and O–H groups in total. The van der Waals surface area contributed by atoms with Crippen LogP contribution in [0.4, 0.5) is 5.69 Å². The molecular weight excluding hydrogens is 232 g/mol. The van der Waals surface area contributed by atoms with E-state index >= 15 is 0 Å². The molecule has 1 atom stereocenters. The lowest BCUT2D eigenvalue weighted by Crippen LogP contribution is -2.18. The van der Waals surface area contributed by atoms with Crippen molar-refractivity contribution in [2.24, 2.45) is 11.7 Å². The summed E-state index contributed by atoms with van der Waals surface area (Å²) >= 11 is 5.73. The maximum absolute atomic E-state index is 10.5. The first-order valence-electron chi connectivity index (χ1n) is 4.81. The number of ether oxygens (including phenoxy) is 1. The van der Waals surface area contributed by atoms with Gasteiger partial charge in [0.05, 0.1) is 11.5 Å². The lowest BCUT2D eigenvalue weighted by atomic mass is 10.2. The molecule has 1 aromatic rings. The van der Waals surface area contributed by atoms with Gasteiger partial charge in [-0.3, -0.25) is 10.1 Å². The number of hydrogen-bond donors (Lipinski definition) is 1. The van der Waals surface area contributed by atoms with Crippen LogP contribution in [-0.4, -0.2) is 18.1 Å². The quantitative estimate of drug-likeness (QED) is 0.636. The Morgan fingerprint density at radius 3 is 2.81 bits per heavy atom. The second-order valence-electron chi connectivity index (χ2n) is 3.52. The van der Waals surface area contributed by atoms with Crippen LogP contribution in [0.3, 0.4) is 0 Å². The maximum Gasteiger partial charge on any atom is 0.288 e. The van der Waals surface area contributed by atoms with E-state index in [2.05, 4.69) is 0 Å². The molecule has 16 heavy (non-hydrogen) atoms. The van der Waals surface area contributed by atoms with Crippen molar-refractivity contribution >= 4 is 17.3 Å². The Labute approximate surface area is 98.3 Å². The van der Waals surface area contributed by atoms with E-state index in [1.54, 1.807) is 0 Å². The number of benzene rings is 1. The van der Waals surface area contributed by atoms with Gasteiger partial charge in [-0.2, -0.15) is 0 Å². The standard InChI is InChI=1S/C10H13ClN2O3/c1-7(5-12)6-16-8-2-3-10(13(14)15)9(11)4-8/h2-4,7H,5-6,12H2,1H3. The number of nitrogens with two attached hydrogens (primary N) is 1. The third-order valence-corrected chi connectivity index (χ3v) is 2.36. The zero-order valence-electron chi connectivity index (χ0n) is 8.85. The number of halogens is 1. The summed E-state index contributed by atoms with van der Waals surface area (Å²) in [6, 6.07) is 4.28. The van der Waals surface area contributed by atoms with Crippen LogP contribution >= 0.6 is 11.6 Å². The average Bonchev–Trinajstić information content (AvgIpc) is 2.25. The predicted molar refractivity (Wildman–Crippen MR) is 61.8 cm³/mol. The third-order valence-electron chi connectivity index (χ3n) is 2.05. The van der Waals surface area contributed by atoms with Gasteiger partial charge in [0.15, 0.2) is 0 Å². The Hall–Kier alpha value is -1.33. The minimum Gasteiger partial charge on any atom is -0.493 e. The highest BCUT2D eigenvalue weighted by Crippen LogP contribution is 2.28. The van der Waals surface area contributed by atoms with E-state index in [0.29, 0.717) is 18.9 Å². The molecule has 0 aromatic heterocycles. The molecule has 0 spiro atoms. The second-order valence-corrected chi connectivity index (χ2v) is 3.93. The van der Waals surface area contributed by atoms with Gasteiger partial charge < -0.3 is 10.5 Å². The maximum atomic E-state index is 10.5. The highest BCUT2D eigenvalue weighted by atomic mass is 35.5. The molecule has 6 heteroatoms. The minimum absolute atomic E-state index is 0.0721. The van der Waals surface area contributed by atoms with Crippen molar-refractivity contribution < 1.29 is 9.66 Å². The molecule has 0 aliphatic heterocycles. The average molecular weight is 245 g/mol. The van der Waals surface area contributed by atoms with Gasteiger partial charge >= 0.3 is 0 Å². The topological polar surface area (TPSA) is 78.4 Å².